The van der Waals surface area contributed by atoms with E-state index in [0.717, 1.165) is 5.69 Å². The maximum absolute atomic E-state index is 11.9. The van der Waals surface area contributed by atoms with Gasteiger partial charge < -0.3 is 15.4 Å². The van der Waals surface area contributed by atoms with Crippen LogP contribution in [0.2, 0.25) is 0 Å². The molecule has 2 rings (SSSR count). The van der Waals surface area contributed by atoms with Gasteiger partial charge in [-0.25, -0.2) is 0 Å². The van der Waals surface area contributed by atoms with Gasteiger partial charge in [-0.05, 0) is 30.3 Å². The second-order valence-electron chi connectivity index (χ2n) is 4.33. The van der Waals surface area contributed by atoms with E-state index < -0.39 is 0 Å². The van der Waals surface area contributed by atoms with E-state index in [1.165, 1.54) is 0 Å². The van der Waals surface area contributed by atoms with Crippen molar-refractivity contribution in [3.8, 4) is 11.8 Å². The molecule has 0 spiro atoms. The topological polar surface area (TPSA) is 74.2 Å². The van der Waals surface area contributed by atoms with Crippen LogP contribution in [-0.4, -0.2) is 19.6 Å². The van der Waals surface area contributed by atoms with E-state index in [1.54, 1.807) is 55.6 Å². The van der Waals surface area contributed by atoms with E-state index in [1.807, 2.05) is 0 Å². The Morgan fingerprint density at radius 2 is 1.95 bits per heavy atom. The highest BCUT2D eigenvalue weighted by Gasteiger charge is 2.03. The van der Waals surface area contributed by atoms with Gasteiger partial charge in [0.15, 0.2) is 0 Å². The summed E-state index contributed by atoms with van der Waals surface area (Å²) >= 11 is 0. The van der Waals surface area contributed by atoms with Gasteiger partial charge in [0.1, 0.15) is 5.75 Å². The van der Waals surface area contributed by atoms with Crippen LogP contribution in [0.25, 0.3) is 0 Å². The summed E-state index contributed by atoms with van der Waals surface area (Å²) in [6.45, 7) is 0.117. The molecule has 0 aromatic heterocycles. The minimum absolute atomic E-state index is 0.117. The maximum atomic E-state index is 11.9. The normalized spacial score (nSPS) is 9.52. The molecule has 2 aromatic carbocycles. The lowest BCUT2D eigenvalue weighted by Crippen LogP contribution is -2.21. The number of anilines is 2. The van der Waals surface area contributed by atoms with Crippen LogP contribution in [0.5, 0.6) is 5.75 Å². The van der Waals surface area contributed by atoms with Crippen molar-refractivity contribution in [1.29, 1.82) is 5.26 Å². The highest BCUT2D eigenvalue weighted by atomic mass is 16.5. The first-order chi connectivity index (χ1) is 10.2. The highest BCUT2D eigenvalue weighted by molar-refractivity contribution is 5.93. The van der Waals surface area contributed by atoms with Gasteiger partial charge in [0.2, 0.25) is 5.91 Å². The fourth-order valence-electron chi connectivity index (χ4n) is 1.79. The lowest BCUT2D eigenvalue weighted by Gasteiger charge is -2.09. The molecule has 1 amide bonds. The summed E-state index contributed by atoms with van der Waals surface area (Å²) in [7, 11) is 1.57. The van der Waals surface area contributed by atoms with Crippen LogP contribution in [0.4, 0.5) is 11.4 Å². The van der Waals surface area contributed by atoms with Crippen LogP contribution in [0.3, 0.4) is 0 Å². The molecule has 0 fully saturated rings. The van der Waals surface area contributed by atoms with Gasteiger partial charge in [-0.3, -0.25) is 4.79 Å². The predicted octanol–water partition coefficient (Wildman–Crippen LogP) is 2.62. The van der Waals surface area contributed by atoms with Gasteiger partial charge in [0, 0.05) is 17.4 Å². The Kier molecular flexibility index (Phi) is 4.78. The average molecular weight is 281 g/mol. The third-order valence-corrected chi connectivity index (χ3v) is 2.80. The van der Waals surface area contributed by atoms with Crippen molar-refractivity contribution >= 4 is 17.3 Å². The molecule has 0 radical (unpaired) electrons. The number of benzene rings is 2. The second kappa shape index (κ2) is 6.96. The van der Waals surface area contributed by atoms with E-state index in [2.05, 4.69) is 16.7 Å². The molecule has 0 aliphatic heterocycles. The summed E-state index contributed by atoms with van der Waals surface area (Å²) in [5.74, 6) is 0.507. The number of hydrogen-bond donors (Lipinski definition) is 2. The third-order valence-electron chi connectivity index (χ3n) is 2.80. The summed E-state index contributed by atoms with van der Waals surface area (Å²) < 4.78 is 5.09. The van der Waals surface area contributed by atoms with Crippen molar-refractivity contribution in [1.82, 2.24) is 0 Å². The molecule has 21 heavy (non-hydrogen) atoms. The van der Waals surface area contributed by atoms with Crippen molar-refractivity contribution in [3.05, 3.63) is 54.1 Å². The van der Waals surface area contributed by atoms with Crippen LogP contribution >= 0.6 is 0 Å². The molecule has 0 saturated carbocycles. The predicted molar refractivity (Wildman–Crippen MR) is 81.3 cm³/mol. The Morgan fingerprint density at radius 1 is 1.19 bits per heavy atom. The van der Waals surface area contributed by atoms with Gasteiger partial charge in [-0.15, -0.1) is 0 Å². The zero-order valence-electron chi connectivity index (χ0n) is 11.6. The Hall–Kier alpha value is -3.00. The first-order valence-corrected chi connectivity index (χ1v) is 6.39. The van der Waals surface area contributed by atoms with Gasteiger partial charge in [-0.2, -0.15) is 5.26 Å². The maximum Gasteiger partial charge on any atom is 0.243 e. The smallest absolute Gasteiger partial charge is 0.243 e. The third kappa shape index (κ3) is 4.25. The van der Waals surface area contributed by atoms with E-state index in [4.69, 9.17) is 10.00 Å². The van der Waals surface area contributed by atoms with E-state index in [9.17, 15) is 4.79 Å². The number of hydrogen-bond acceptors (Lipinski definition) is 4. The molecule has 2 aromatic rings. The van der Waals surface area contributed by atoms with Crippen molar-refractivity contribution < 1.29 is 9.53 Å². The number of nitriles is 1. The quantitative estimate of drug-likeness (QED) is 0.883. The van der Waals surface area contributed by atoms with Crippen LogP contribution in [0.15, 0.2) is 48.5 Å². The molecule has 0 unspecified atom stereocenters. The van der Waals surface area contributed by atoms with Crippen molar-refractivity contribution in [3.63, 3.8) is 0 Å². The monoisotopic (exact) mass is 281 g/mol. The molecular weight excluding hydrogens is 266 g/mol. The Labute approximate surface area is 123 Å². The van der Waals surface area contributed by atoms with Crippen LogP contribution in [-0.2, 0) is 4.79 Å². The second-order valence-corrected chi connectivity index (χ2v) is 4.33. The largest absolute Gasteiger partial charge is 0.497 e. The highest BCUT2D eigenvalue weighted by Crippen LogP contribution is 2.16. The first-order valence-electron chi connectivity index (χ1n) is 6.39. The minimum atomic E-state index is -0.175. The summed E-state index contributed by atoms with van der Waals surface area (Å²) in [4.78, 5) is 11.9. The van der Waals surface area contributed by atoms with Crippen LogP contribution in [0, 0.1) is 11.3 Å². The fraction of sp³-hybridized carbons (Fsp3) is 0.125. The molecule has 0 atom stereocenters. The fourth-order valence-corrected chi connectivity index (χ4v) is 1.79. The van der Waals surface area contributed by atoms with Gasteiger partial charge in [0.05, 0.1) is 25.3 Å². The molecule has 5 nitrogen and oxygen atoms in total. The summed E-state index contributed by atoms with van der Waals surface area (Å²) in [5.41, 5.74) is 1.95. The summed E-state index contributed by atoms with van der Waals surface area (Å²) in [5, 5.41) is 14.6. The number of carbonyl (C=O) groups is 1. The molecule has 0 saturated heterocycles. The summed E-state index contributed by atoms with van der Waals surface area (Å²) in [6.07, 6.45) is 0. The molecule has 0 aliphatic rings. The van der Waals surface area contributed by atoms with Gasteiger partial charge >= 0.3 is 0 Å². The van der Waals surface area contributed by atoms with Crippen LogP contribution in [0.1, 0.15) is 5.56 Å². The molecule has 0 aliphatic carbocycles. The Bertz CT molecular complexity index is 677. The number of nitrogens with zero attached hydrogens (tertiary/aromatic N) is 1. The lowest BCUT2D eigenvalue weighted by atomic mass is 10.2. The molecule has 106 valence electrons. The zero-order valence-corrected chi connectivity index (χ0v) is 11.6. The van der Waals surface area contributed by atoms with Crippen molar-refractivity contribution in [2.45, 2.75) is 0 Å². The minimum Gasteiger partial charge on any atom is -0.497 e. The van der Waals surface area contributed by atoms with Gasteiger partial charge in [0.25, 0.3) is 0 Å². The van der Waals surface area contributed by atoms with E-state index in [-0.39, 0.29) is 12.5 Å². The van der Waals surface area contributed by atoms with Crippen molar-refractivity contribution in [2.75, 3.05) is 24.3 Å². The summed E-state index contributed by atoms with van der Waals surface area (Å²) in [6, 6.07) is 16.2. The first kappa shape index (κ1) is 14.4. The standard InChI is InChI=1S/C16H15N3O2/c1-21-15-7-3-6-14(9-15)19-16(20)11-18-13-5-2-4-12(8-13)10-17/h2-9,18H,11H2,1H3,(H,19,20). The van der Waals surface area contributed by atoms with E-state index in [0.29, 0.717) is 17.0 Å². The van der Waals surface area contributed by atoms with Gasteiger partial charge in [-0.1, -0.05) is 12.1 Å². The number of amides is 1. The Balaban J connectivity index is 1.91. The number of rotatable bonds is 5. The average Bonchev–Trinajstić information content (AvgIpc) is 2.53. The molecular formula is C16H15N3O2. The zero-order chi connectivity index (χ0) is 15.1. The Morgan fingerprint density at radius 3 is 2.71 bits per heavy atom. The molecule has 0 heterocycles. The van der Waals surface area contributed by atoms with Crippen LogP contribution < -0.4 is 15.4 Å². The number of methoxy groups -OCH3 is 1. The molecule has 2 N–H and O–H groups in total. The number of ether oxygens (including phenoxy) is 1. The van der Waals surface area contributed by atoms with Crippen molar-refractivity contribution in [2.24, 2.45) is 0 Å². The lowest BCUT2D eigenvalue weighted by molar-refractivity contribution is -0.114. The molecule has 5 heteroatoms. The SMILES string of the molecule is COc1cccc(NC(=O)CNc2cccc(C#N)c2)c1. The van der Waals surface area contributed by atoms with E-state index >= 15 is 0 Å². The molecule has 0 bridgehead atoms. The number of carbonyl (C=O) groups excluding carboxylic acids is 1. The number of nitrogens with one attached hydrogen (secondary N) is 2.